The highest BCUT2D eigenvalue weighted by molar-refractivity contribution is 5.79. The van der Waals surface area contributed by atoms with Crippen molar-refractivity contribution in [3.8, 4) is 0 Å². The van der Waals surface area contributed by atoms with Crippen molar-refractivity contribution in [2.45, 2.75) is 12.8 Å². The third-order valence-electron chi connectivity index (χ3n) is 5.99. The van der Waals surface area contributed by atoms with Crippen molar-refractivity contribution in [2.75, 3.05) is 49.1 Å². The Morgan fingerprint density at radius 3 is 2.41 bits per heavy atom. The zero-order chi connectivity index (χ0) is 19.6. The second kappa shape index (κ2) is 7.69. The predicted octanol–water partition coefficient (Wildman–Crippen LogP) is 1.69. The number of hydrogen-bond acceptors (Lipinski definition) is 6. The summed E-state index contributed by atoms with van der Waals surface area (Å²) < 4.78 is 2.01. The van der Waals surface area contributed by atoms with E-state index < -0.39 is 0 Å². The second-order valence-electron chi connectivity index (χ2n) is 7.69. The molecular formula is C21H25N7O. The molecule has 0 bridgehead atoms. The molecule has 0 saturated carbocycles. The Labute approximate surface area is 169 Å². The van der Waals surface area contributed by atoms with Crippen LogP contribution in [-0.2, 0) is 4.79 Å². The molecule has 5 heterocycles. The number of aromatic nitrogens is 4. The van der Waals surface area contributed by atoms with Crippen molar-refractivity contribution >= 4 is 23.3 Å². The number of anilines is 2. The van der Waals surface area contributed by atoms with E-state index in [1.165, 1.54) is 0 Å². The van der Waals surface area contributed by atoms with Crippen LogP contribution in [0.25, 0.3) is 5.65 Å². The van der Waals surface area contributed by atoms with E-state index in [4.69, 9.17) is 0 Å². The van der Waals surface area contributed by atoms with Gasteiger partial charge < -0.3 is 14.7 Å². The van der Waals surface area contributed by atoms with Gasteiger partial charge in [-0.15, -0.1) is 10.2 Å². The molecule has 2 saturated heterocycles. The maximum Gasteiger partial charge on any atom is 0.231 e. The lowest BCUT2D eigenvalue weighted by Crippen LogP contribution is -2.52. The lowest BCUT2D eigenvalue weighted by Gasteiger charge is -2.39. The van der Waals surface area contributed by atoms with Gasteiger partial charge in [0.25, 0.3) is 0 Å². The minimum absolute atomic E-state index is 0.104. The third-order valence-corrected chi connectivity index (χ3v) is 5.99. The number of fused-ring (bicyclic) bond motifs is 1. The molecule has 0 atom stereocenters. The van der Waals surface area contributed by atoms with Crippen LogP contribution in [-0.4, -0.2) is 69.7 Å². The Balaban J connectivity index is 1.17. The predicted molar refractivity (Wildman–Crippen MR) is 111 cm³/mol. The number of piperidine rings is 1. The fourth-order valence-electron chi connectivity index (χ4n) is 4.33. The fraction of sp³-hybridized carbons (Fsp3) is 0.429. The quantitative estimate of drug-likeness (QED) is 0.677. The van der Waals surface area contributed by atoms with E-state index in [0.29, 0.717) is 5.91 Å². The molecule has 1 amide bonds. The van der Waals surface area contributed by atoms with Gasteiger partial charge in [-0.3, -0.25) is 9.20 Å². The van der Waals surface area contributed by atoms with Gasteiger partial charge in [0.1, 0.15) is 5.82 Å². The number of hydrogen-bond donors (Lipinski definition) is 0. The summed E-state index contributed by atoms with van der Waals surface area (Å²) >= 11 is 0. The van der Waals surface area contributed by atoms with E-state index in [1.54, 1.807) is 0 Å². The Morgan fingerprint density at radius 2 is 1.66 bits per heavy atom. The first-order chi connectivity index (χ1) is 14.3. The summed E-state index contributed by atoms with van der Waals surface area (Å²) in [7, 11) is 0. The summed E-state index contributed by atoms with van der Waals surface area (Å²) in [5.74, 6) is 2.27. The van der Waals surface area contributed by atoms with Crippen LogP contribution in [0.15, 0.2) is 48.8 Å². The van der Waals surface area contributed by atoms with Gasteiger partial charge in [0.2, 0.25) is 11.9 Å². The second-order valence-corrected chi connectivity index (χ2v) is 7.69. The lowest BCUT2D eigenvalue weighted by atomic mass is 9.95. The monoisotopic (exact) mass is 391 g/mol. The Bertz CT molecular complexity index is 973. The first-order valence-electron chi connectivity index (χ1n) is 10.3. The molecule has 2 fully saturated rings. The summed E-state index contributed by atoms with van der Waals surface area (Å²) in [4.78, 5) is 24.0. The summed E-state index contributed by atoms with van der Waals surface area (Å²) in [6.07, 6.45) is 5.53. The average Bonchev–Trinajstić information content (AvgIpc) is 3.24. The highest BCUT2D eigenvalue weighted by Gasteiger charge is 2.31. The molecule has 2 aliphatic rings. The van der Waals surface area contributed by atoms with E-state index in [9.17, 15) is 4.79 Å². The van der Waals surface area contributed by atoms with E-state index in [-0.39, 0.29) is 5.92 Å². The van der Waals surface area contributed by atoms with Crippen LogP contribution in [0.3, 0.4) is 0 Å². The van der Waals surface area contributed by atoms with E-state index in [2.05, 4.69) is 25.0 Å². The Morgan fingerprint density at radius 1 is 0.862 bits per heavy atom. The molecule has 150 valence electrons. The van der Waals surface area contributed by atoms with Crippen molar-refractivity contribution < 1.29 is 4.79 Å². The van der Waals surface area contributed by atoms with Gasteiger partial charge in [-0.25, -0.2) is 4.98 Å². The molecule has 3 aromatic heterocycles. The summed E-state index contributed by atoms with van der Waals surface area (Å²) in [6, 6.07) is 11.9. The van der Waals surface area contributed by atoms with Crippen LogP contribution in [0.4, 0.5) is 11.8 Å². The first kappa shape index (κ1) is 17.9. The molecule has 5 rings (SSSR count). The SMILES string of the molecule is O=C(C1CCN(c2nnc3ccccn23)CC1)N1CCN(c2ccccn2)CC1. The van der Waals surface area contributed by atoms with Crippen LogP contribution in [0, 0.1) is 5.92 Å². The molecule has 0 N–H and O–H groups in total. The minimum atomic E-state index is 0.104. The van der Waals surface area contributed by atoms with Gasteiger partial charge in [0, 0.05) is 57.6 Å². The van der Waals surface area contributed by atoms with Crippen LogP contribution < -0.4 is 9.80 Å². The molecule has 2 aliphatic heterocycles. The van der Waals surface area contributed by atoms with Crippen LogP contribution in [0.1, 0.15) is 12.8 Å². The number of amides is 1. The number of rotatable bonds is 3. The summed E-state index contributed by atoms with van der Waals surface area (Å²) in [5, 5.41) is 8.59. The molecule has 0 unspecified atom stereocenters. The van der Waals surface area contributed by atoms with Crippen molar-refractivity contribution in [2.24, 2.45) is 5.92 Å². The molecule has 0 aliphatic carbocycles. The van der Waals surface area contributed by atoms with E-state index in [1.807, 2.05) is 58.1 Å². The highest BCUT2D eigenvalue weighted by Crippen LogP contribution is 2.25. The van der Waals surface area contributed by atoms with Gasteiger partial charge >= 0.3 is 0 Å². The van der Waals surface area contributed by atoms with E-state index in [0.717, 1.165) is 69.5 Å². The van der Waals surface area contributed by atoms with Gasteiger partial charge in [-0.2, -0.15) is 0 Å². The van der Waals surface area contributed by atoms with Crippen molar-refractivity contribution in [1.29, 1.82) is 0 Å². The molecule has 3 aromatic rings. The summed E-state index contributed by atoms with van der Waals surface area (Å²) in [5.41, 5.74) is 0.853. The van der Waals surface area contributed by atoms with Gasteiger partial charge in [0.05, 0.1) is 0 Å². The number of carbonyl (C=O) groups is 1. The maximum atomic E-state index is 13.0. The van der Waals surface area contributed by atoms with Crippen LogP contribution in [0.2, 0.25) is 0 Å². The molecular weight excluding hydrogens is 366 g/mol. The largest absolute Gasteiger partial charge is 0.353 e. The zero-order valence-electron chi connectivity index (χ0n) is 16.4. The Kier molecular flexibility index (Phi) is 4.75. The van der Waals surface area contributed by atoms with Crippen molar-refractivity contribution in [1.82, 2.24) is 24.5 Å². The van der Waals surface area contributed by atoms with Gasteiger partial charge in [-0.1, -0.05) is 12.1 Å². The number of carbonyl (C=O) groups excluding carboxylic acids is 1. The number of pyridine rings is 2. The zero-order valence-corrected chi connectivity index (χ0v) is 16.4. The molecule has 29 heavy (non-hydrogen) atoms. The topological polar surface area (TPSA) is 69.9 Å². The standard InChI is InChI=1S/C21H25N7O/c29-20(26-15-13-25(14-16-26)18-5-1-3-9-22-18)17-7-11-27(12-8-17)21-24-23-19-6-2-4-10-28(19)21/h1-6,9-10,17H,7-8,11-16H2. The fourth-order valence-corrected chi connectivity index (χ4v) is 4.33. The lowest BCUT2D eigenvalue weighted by molar-refractivity contribution is -0.136. The van der Waals surface area contributed by atoms with E-state index >= 15 is 0 Å². The molecule has 0 aromatic carbocycles. The highest BCUT2D eigenvalue weighted by atomic mass is 16.2. The van der Waals surface area contributed by atoms with Crippen molar-refractivity contribution in [3.05, 3.63) is 48.8 Å². The normalized spacial score (nSPS) is 18.4. The Hall–Kier alpha value is -3.16. The molecule has 0 radical (unpaired) electrons. The smallest absolute Gasteiger partial charge is 0.231 e. The molecule has 8 nitrogen and oxygen atoms in total. The minimum Gasteiger partial charge on any atom is -0.353 e. The van der Waals surface area contributed by atoms with Crippen molar-refractivity contribution in [3.63, 3.8) is 0 Å². The third kappa shape index (κ3) is 3.50. The molecule has 0 spiro atoms. The number of nitrogens with zero attached hydrogens (tertiary/aromatic N) is 7. The van der Waals surface area contributed by atoms with Gasteiger partial charge in [-0.05, 0) is 37.1 Å². The van der Waals surface area contributed by atoms with Crippen LogP contribution >= 0.6 is 0 Å². The number of piperazine rings is 1. The maximum absolute atomic E-state index is 13.0. The molecule has 8 heteroatoms. The first-order valence-corrected chi connectivity index (χ1v) is 10.3. The average molecular weight is 391 g/mol. The van der Waals surface area contributed by atoms with Crippen LogP contribution in [0.5, 0.6) is 0 Å². The summed E-state index contributed by atoms with van der Waals surface area (Å²) in [6.45, 7) is 4.88. The van der Waals surface area contributed by atoms with Gasteiger partial charge in [0.15, 0.2) is 5.65 Å².